The van der Waals surface area contributed by atoms with Gasteiger partial charge in [0.15, 0.2) is 0 Å². The van der Waals surface area contributed by atoms with E-state index in [0.29, 0.717) is 6.42 Å². The summed E-state index contributed by atoms with van der Waals surface area (Å²) >= 11 is 0. The highest BCUT2D eigenvalue weighted by molar-refractivity contribution is 6.04. The molecule has 0 atom stereocenters. The molecule has 1 rings (SSSR count). The molecular weight excluding hydrogens is 167 g/mol. The summed E-state index contributed by atoms with van der Waals surface area (Å²) in [5, 5.41) is 0. The van der Waals surface area contributed by atoms with Gasteiger partial charge in [-0.1, -0.05) is 12.2 Å². The lowest BCUT2D eigenvalue weighted by Crippen LogP contribution is -2.23. The molecule has 0 radical (unpaired) electrons. The van der Waals surface area contributed by atoms with Crippen LogP contribution in [-0.4, -0.2) is 11.9 Å². The fourth-order valence-electron chi connectivity index (χ4n) is 0.928. The van der Waals surface area contributed by atoms with Gasteiger partial charge in [0.1, 0.15) is 5.71 Å². The molecule has 0 unspecified atom stereocenters. The molecule has 0 aliphatic carbocycles. The summed E-state index contributed by atoms with van der Waals surface area (Å²) < 4.78 is 36.5. The van der Waals surface area contributed by atoms with Gasteiger partial charge in [-0.25, -0.2) is 0 Å². The maximum absolute atomic E-state index is 12.2. The Morgan fingerprint density at radius 2 is 2.08 bits per heavy atom. The van der Waals surface area contributed by atoms with E-state index >= 15 is 0 Å². The van der Waals surface area contributed by atoms with Gasteiger partial charge in [-0.3, -0.25) is 4.99 Å². The van der Waals surface area contributed by atoms with E-state index < -0.39 is 11.9 Å². The Bertz CT molecular complexity index is 258. The molecule has 12 heavy (non-hydrogen) atoms. The van der Waals surface area contributed by atoms with Crippen molar-refractivity contribution in [1.82, 2.24) is 0 Å². The van der Waals surface area contributed by atoms with E-state index in [-0.39, 0.29) is 5.57 Å². The van der Waals surface area contributed by atoms with Crippen LogP contribution in [0.3, 0.4) is 0 Å². The zero-order chi connectivity index (χ0) is 9.19. The Labute approximate surface area is 68.3 Å². The molecule has 0 bridgehead atoms. The molecule has 0 fully saturated rings. The third kappa shape index (κ3) is 1.96. The van der Waals surface area contributed by atoms with Crippen molar-refractivity contribution in [3.05, 3.63) is 23.9 Å². The standard InChI is InChI=1S/C8H8F3N/c1-6-4-2-3-5-12-7(6)8(9,10)11/h3-5H,2H2,1H3. The van der Waals surface area contributed by atoms with Crippen LogP contribution < -0.4 is 0 Å². The SMILES string of the molecule is CC1=CCC=CN=C1C(F)(F)F. The van der Waals surface area contributed by atoms with Crippen molar-refractivity contribution in [3.8, 4) is 0 Å². The predicted molar refractivity (Wildman–Crippen MR) is 41.0 cm³/mol. The highest BCUT2D eigenvalue weighted by Gasteiger charge is 2.36. The van der Waals surface area contributed by atoms with E-state index in [0.717, 1.165) is 0 Å². The third-order valence-electron chi connectivity index (χ3n) is 1.51. The smallest absolute Gasteiger partial charge is 0.252 e. The number of aliphatic imine (C=N–C) groups is 1. The number of nitrogens with zero attached hydrogens (tertiary/aromatic N) is 1. The Morgan fingerprint density at radius 1 is 1.42 bits per heavy atom. The number of allylic oxidation sites excluding steroid dienone is 3. The Morgan fingerprint density at radius 3 is 2.67 bits per heavy atom. The van der Waals surface area contributed by atoms with Crippen LogP contribution in [0.4, 0.5) is 13.2 Å². The maximum atomic E-state index is 12.2. The van der Waals surface area contributed by atoms with Crippen molar-refractivity contribution in [2.75, 3.05) is 0 Å². The second kappa shape index (κ2) is 3.13. The normalized spacial score (nSPS) is 18.3. The molecule has 0 aromatic heterocycles. The number of rotatable bonds is 0. The summed E-state index contributed by atoms with van der Waals surface area (Å²) in [4.78, 5) is 3.32. The quantitative estimate of drug-likeness (QED) is 0.536. The number of hydrogen-bond donors (Lipinski definition) is 0. The van der Waals surface area contributed by atoms with Gasteiger partial charge in [0.2, 0.25) is 0 Å². The van der Waals surface area contributed by atoms with Gasteiger partial charge in [-0.2, -0.15) is 13.2 Å². The minimum absolute atomic E-state index is 0.188. The first-order chi connectivity index (χ1) is 5.52. The molecule has 0 N–H and O–H groups in total. The monoisotopic (exact) mass is 175 g/mol. The molecule has 4 heteroatoms. The van der Waals surface area contributed by atoms with E-state index in [2.05, 4.69) is 4.99 Å². The third-order valence-corrected chi connectivity index (χ3v) is 1.51. The highest BCUT2D eigenvalue weighted by atomic mass is 19.4. The lowest BCUT2D eigenvalue weighted by molar-refractivity contribution is -0.0581. The van der Waals surface area contributed by atoms with Gasteiger partial charge in [0.25, 0.3) is 0 Å². The first-order valence-corrected chi connectivity index (χ1v) is 3.49. The van der Waals surface area contributed by atoms with Gasteiger partial charge in [0.05, 0.1) is 0 Å². The fraction of sp³-hybridized carbons (Fsp3) is 0.375. The summed E-state index contributed by atoms with van der Waals surface area (Å²) in [5.74, 6) is 0. The van der Waals surface area contributed by atoms with Crippen molar-refractivity contribution >= 4 is 5.71 Å². The largest absolute Gasteiger partial charge is 0.433 e. The molecule has 0 aromatic rings. The Balaban J connectivity index is 3.01. The van der Waals surface area contributed by atoms with E-state index in [9.17, 15) is 13.2 Å². The molecule has 1 aliphatic heterocycles. The van der Waals surface area contributed by atoms with Gasteiger partial charge < -0.3 is 0 Å². The molecule has 1 nitrogen and oxygen atoms in total. The molecule has 1 heterocycles. The second-order valence-corrected chi connectivity index (χ2v) is 2.48. The Hall–Kier alpha value is -1.06. The lowest BCUT2D eigenvalue weighted by Gasteiger charge is -2.08. The first-order valence-electron chi connectivity index (χ1n) is 3.49. The molecule has 0 spiro atoms. The van der Waals surface area contributed by atoms with Crippen molar-refractivity contribution in [1.29, 1.82) is 0 Å². The average molecular weight is 175 g/mol. The molecule has 0 saturated heterocycles. The fourth-order valence-corrected chi connectivity index (χ4v) is 0.928. The summed E-state index contributed by atoms with van der Waals surface area (Å²) in [6.07, 6.45) is 0.456. The summed E-state index contributed by atoms with van der Waals surface area (Å²) in [6.45, 7) is 1.42. The summed E-state index contributed by atoms with van der Waals surface area (Å²) in [5.41, 5.74) is -0.608. The minimum Gasteiger partial charge on any atom is -0.252 e. The number of hydrogen-bond acceptors (Lipinski definition) is 1. The van der Waals surface area contributed by atoms with E-state index in [4.69, 9.17) is 0 Å². The van der Waals surface area contributed by atoms with Crippen molar-refractivity contribution in [2.24, 2.45) is 4.99 Å². The van der Waals surface area contributed by atoms with Crippen LogP contribution in [0, 0.1) is 0 Å². The minimum atomic E-state index is -4.34. The van der Waals surface area contributed by atoms with Gasteiger partial charge in [0, 0.05) is 6.20 Å². The lowest BCUT2D eigenvalue weighted by atomic mass is 10.1. The van der Waals surface area contributed by atoms with Crippen LogP contribution >= 0.6 is 0 Å². The van der Waals surface area contributed by atoms with Gasteiger partial charge in [-0.05, 0) is 18.9 Å². The van der Waals surface area contributed by atoms with Crippen LogP contribution in [0.1, 0.15) is 13.3 Å². The summed E-state index contributed by atoms with van der Waals surface area (Å²) in [6, 6.07) is 0. The van der Waals surface area contributed by atoms with E-state index in [1.54, 1.807) is 6.08 Å². The average Bonchev–Trinajstić information content (AvgIpc) is 2.11. The topological polar surface area (TPSA) is 12.4 Å². The Kier molecular flexibility index (Phi) is 2.35. The molecule has 0 amide bonds. The first kappa shape index (κ1) is 9.03. The molecule has 0 aromatic carbocycles. The second-order valence-electron chi connectivity index (χ2n) is 2.48. The van der Waals surface area contributed by atoms with Crippen LogP contribution in [0.25, 0.3) is 0 Å². The van der Waals surface area contributed by atoms with Gasteiger partial charge >= 0.3 is 6.18 Å². The van der Waals surface area contributed by atoms with Crippen molar-refractivity contribution in [2.45, 2.75) is 19.5 Å². The van der Waals surface area contributed by atoms with Gasteiger partial charge in [-0.15, -0.1) is 0 Å². The van der Waals surface area contributed by atoms with E-state index in [1.165, 1.54) is 19.2 Å². The molecular formula is C8H8F3N. The van der Waals surface area contributed by atoms with Crippen LogP contribution in [-0.2, 0) is 0 Å². The van der Waals surface area contributed by atoms with Crippen molar-refractivity contribution < 1.29 is 13.2 Å². The van der Waals surface area contributed by atoms with Crippen LogP contribution in [0.2, 0.25) is 0 Å². The maximum Gasteiger partial charge on any atom is 0.433 e. The molecule has 0 saturated carbocycles. The highest BCUT2D eigenvalue weighted by Crippen LogP contribution is 2.23. The number of alkyl halides is 3. The summed E-state index contributed by atoms with van der Waals surface area (Å²) in [7, 11) is 0. The zero-order valence-corrected chi connectivity index (χ0v) is 6.52. The van der Waals surface area contributed by atoms with E-state index in [1.807, 2.05) is 0 Å². The van der Waals surface area contributed by atoms with Crippen LogP contribution in [0.5, 0.6) is 0 Å². The van der Waals surface area contributed by atoms with Crippen LogP contribution in [0.15, 0.2) is 28.9 Å². The molecule has 66 valence electrons. The molecule has 1 aliphatic rings. The van der Waals surface area contributed by atoms with Crippen molar-refractivity contribution in [3.63, 3.8) is 0 Å². The number of halogens is 3. The predicted octanol–water partition coefficient (Wildman–Crippen LogP) is 2.85. The zero-order valence-electron chi connectivity index (χ0n) is 6.52.